The highest BCUT2D eigenvalue weighted by Gasteiger charge is 2.10. The third-order valence-electron chi connectivity index (χ3n) is 3.25. The summed E-state index contributed by atoms with van der Waals surface area (Å²) in [5.41, 5.74) is 0.621. The third-order valence-corrected chi connectivity index (χ3v) is 3.74. The molecule has 7 nitrogen and oxygen atoms in total. The Morgan fingerprint density at radius 2 is 1.96 bits per heavy atom. The van der Waals surface area contributed by atoms with Crippen molar-refractivity contribution < 1.29 is 23.8 Å². The van der Waals surface area contributed by atoms with E-state index in [-0.39, 0.29) is 10.8 Å². The van der Waals surface area contributed by atoms with Gasteiger partial charge in [-0.05, 0) is 30.3 Å². The molecule has 1 N–H and O–H groups in total. The molecule has 9 heteroatoms. The van der Waals surface area contributed by atoms with Gasteiger partial charge in [0.1, 0.15) is 11.5 Å². The van der Waals surface area contributed by atoms with Gasteiger partial charge in [0.05, 0.1) is 24.3 Å². The number of rotatable bonds is 7. The maximum absolute atomic E-state index is 11.8. The van der Waals surface area contributed by atoms with Crippen LogP contribution in [0.5, 0.6) is 11.5 Å². The summed E-state index contributed by atoms with van der Waals surface area (Å²) in [7, 11) is 3.04. The van der Waals surface area contributed by atoms with Crippen molar-refractivity contribution in [3.05, 3.63) is 52.1 Å². The molecule has 1 aromatic heterocycles. The molecule has 1 amide bonds. The van der Waals surface area contributed by atoms with Crippen LogP contribution in [0.1, 0.15) is 5.56 Å². The second kappa shape index (κ2) is 9.80. The Labute approximate surface area is 165 Å². The number of hydrogen-bond acceptors (Lipinski definition) is 6. The highest BCUT2D eigenvalue weighted by Crippen LogP contribution is 2.25. The van der Waals surface area contributed by atoms with Gasteiger partial charge in [0.15, 0.2) is 12.4 Å². The summed E-state index contributed by atoms with van der Waals surface area (Å²) in [5.74, 6) is -0.00650. The van der Waals surface area contributed by atoms with Gasteiger partial charge in [-0.25, -0.2) is 9.78 Å². The number of benzene rings is 1. The molecule has 0 saturated heterocycles. The van der Waals surface area contributed by atoms with Gasteiger partial charge >= 0.3 is 5.97 Å². The maximum atomic E-state index is 11.8. The monoisotopic (exact) mass is 410 g/mol. The van der Waals surface area contributed by atoms with E-state index in [1.165, 1.54) is 38.6 Å². The molecular weight excluding hydrogens is 395 g/mol. The molecule has 0 fully saturated rings. The number of halogens is 2. The van der Waals surface area contributed by atoms with E-state index in [9.17, 15) is 9.59 Å². The van der Waals surface area contributed by atoms with Crippen LogP contribution in [-0.2, 0) is 14.3 Å². The van der Waals surface area contributed by atoms with Gasteiger partial charge in [-0.2, -0.15) is 0 Å². The highest BCUT2D eigenvalue weighted by atomic mass is 35.5. The van der Waals surface area contributed by atoms with Crippen molar-refractivity contribution in [2.75, 3.05) is 26.1 Å². The first kappa shape index (κ1) is 20.5. The summed E-state index contributed by atoms with van der Waals surface area (Å²) in [4.78, 5) is 27.5. The lowest BCUT2D eigenvalue weighted by Crippen LogP contribution is -2.20. The van der Waals surface area contributed by atoms with E-state index in [0.717, 1.165) is 0 Å². The topological polar surface area (TPSA) is 86.8 Å². The predicted octanol–water partition coefficient (Wildman–Crippen LogP) is 3.60. The largest absolute Gasteiger partial charge is 0.497 e. The molecule has 0 unspecified atom stereocenters. The van der Waals surface area contributed by atoms with Gasteiger partial charge in [-0.15, -0.1) is 0 Å². The molecule has 1 heterocycles. The van der Waals surface area contributed by atoms with Gasteiger partial charge in [0, 0.05) is 17.8 Å². The number of nitrogens with one attached hydrogen (secondary N) is 1. The molecule has 0 aliphatic rings. The number of esters is 1. The van der Waals surface area contributed by atoms with E-state index in [1.807, 2.05) is 0 Å². The number of carbonyl (C=O) groups excluding carboxylic acids is 2. The molecule has 0 spiro atoms. The van der Waals surface area contributed by atoms with Gasteiger partial charge in [-0.3, -0.25) is 4.79 Å². The van der Waals surface area contributed by atoms with E-state index in [0.29, 0.717) is 22.1 Å². The van der Waals surface area contributed by atoms with E-state index >= 15 is 0 Å². The van der Waals surface area contributed by atoms with E-state index < -0.39 is 18.5 Å². The second-order valence-electron chi connectivity index (χ2n) is 5.08. The van der Waals surface area contributed by atoms with Crippen molar-refractivity contribution in [3.8, 4) is 11.5 Å². The second-order valence-corrected chi connectivity index (χ2v) is 5.92. The molecule has 0 aliphatic heterocycles. The fraction of sp³-hybridized carbons (Fsp3) is 0.167. The highest BCUT2D eigenvalue weighted by molar-refractivity contribution is 6.36. The Hall–Kier alpha value is -2.77. The van der Waals surface area contributed by atoms with Crippen LogP contribution in [0.2, 0.25) is 10.0 Å². The van der Waals surface area contributed by atoms with Crippen molar-refractivity contribution >= 4 is 47.0 Å². The lowest BCUT2D eigenvalue weighted by Gasteiger charge is -2.07. The molecule has 27 heavy (non-hydrogen) atoms. The average Bonchev–Trinajstić information content (AvgIpc) is 2.66. The maximum Gasteiger partial charge on any atom is 0.331 e. The molecule has 0 atom stereocenters. The number of pyridine rings is 1. The molecule has 0 aliphatic carbocycles. The molecule has 1 aromatic carbocycles. The molecular formula is C18H16Cl2N2O5. The van der Waals surface area contributed by atoms with Crippen LogP contribution < -0.4 is 14.8 Å². The number of anilines is 1. The number of ether oxygens (including phenoxy) is 3. The third kappa shape index (κ3) is 6.16. The summed E-state index contributed by atoms with van der Waals surface area (Å²) in [6.45, 7) is -0.501. The first-order chi connectivity index (χ1) is 12.9. The Bertz CT molecular complexity index is 871. The molecule has 142 valence electrons. The molecule has 2 rings (SSSR count). The van der Waals surface area contributed by atoms with Crippen LogP contribution in [0.15, 0.2) is 36.5 Å². The van der Waals surface area contributed by atoms with Crippen molar-refractivity contribution in [1.82, 2.24) is 4.98 Å². The van der Waals surface area contributed by atoms with Crippen LogP contribution in [-0.4, -0.2) is 37.7 Å². The summed E-state index contributed by atoms with van der Waals surface area (Å²) in [6, 6.07) is 6.57. The SMILES string of the molecule is COc1ccc(OC)c(/C=C/C(=O)OCC(=O)Nc2ncc(Cl)cc2Cl)c1. The Morgan fingerprint density at radius 3 is 2.63 bits per heavy atom. The zero-order chi connectivity index (χ0) is 19.8. The zero-order valence-electron chi connectivity index (χ0n) is 14.5. The van der Waals surface area contributed by atoms with Crippen molar-refractivity contribution in [1.29, 1.82) is 0 Å². The molecule has 0 bridgehead atoms. The van der Waals surface area contributed by atoms with Crippen LogP contribution in [0.25, 0.3) is 6.08 Å². The van der Waals surface area contributed by atoms with Crippen LogP contribution in [0.4, 0.5) is 5.82 Å². The number of carbonyl (C=O) groups is 2. The number of nitrogens with zero attached hydrogens (tertiary/aromatic N) is 1. The van der Waals surface area contributed by atoms with E-state index in [1.54, 1.807) is 18.2 Å². The van der Waals surface area contributed by atoms with Crippen LogP contribution in [0, 0.1) is 0 Å². The zero-order valence-corrected chi connectivity index (χ0v) is 16.0. The Morgan fingerprint density at radius 1 is 1.19 bits per heavy atom. The molecule has 0 saturated carbocycles. The van der Waals surface area contributed by atoms with Crippen LogP contribution in [0.3, 0.4) is 0 Å². The van der Waals surface area contributed by atoms with E-state index in [2.05, 4.69) is 10.3 Å². The number of amides is 1. The first-order valence-corrected chi connectivity index (χ1v) is 8.36. The minimum Gasteiger partial charge on any atom is -0.497 e. The lowest BCUT2D eigenvalue weighted by atomic mass is 10.1. The smallest absolute Gasteiger partial charge is 0.331 e. The number of methoxy groups -OCH3 is 2. The fourth-order valence-electron chi connectivity index (χ4n) is 1.99. The fourth-order valence-corrected chi connectivity index (χ4v) is 2.41. The predicted molar refractivity (Wildman–Crippen MR) is 102 cm³/mol. The summed E-state index contributed by atoms with van der Waals surface area (Å²) in [5, 5.41) is 2.93. The summed E-state index contributed by atoms with van der Waals surface area (Å²) in [6.07, 6.45) is 4.01. The quantitative estimate of drug-likeness (QED) is 0.554. The molecule has 2 aromatic rings. The minimum absolute atomic E-state index is 0.124. The van der Waals surface area contributed by atoms with Gasteiger partial charge in [0.2, 0.25) is 0 Å². The Balaban J connectivity index is 1.92. The van der Waals surface area contributed by atoms with Gasteiger partial charge in [-0.1, -0.05) is 23.2 Å². The summed E-state index contributed by atoms with van der Waals surface area (Å²) >= 11 is 11.6. The van der Waals surface area contributed by atoms with Gasteiger partial charge < -0.3 is 19.5 Å². The Kier molecular flexibility index (Phi) is 7.45. The summed E-state index contributed by atoms with van der Waals surface area (Å²) < 4.78 is 15.2. The lowest BCUT2D eigenvalue weighted by molar-refractivity contribution is -0.142. The standard InChI is InChI=1S/C18H16Cl2N2O5/c1-25-13-4-5-15(26-2)11(7-13)3-6-17(24)27-10-16(23)22-18-14(20)8-12(19)9-21-18/h3-9H,10H2,1-2H3,(H,21,22,23)/b6-3+. The van der Waals surface area contributed by atoms with Crippen molar-refractivity contribution in [2.24, 2.45) is 0 Å². The van der Waals surface area contributed by atoms with Crippen molar-refractivity contribution in [2.45, 2.75) is 0 Å². The van der Waals surface area contributed by atoms with Crippen molar-refractivity contribution in [3.63, 3.8) is 0 Å². The normalized spacial score (nSPS) is 10.5. The number of hydrogen-bond donors (Lipinski definition) is 1. The minimum atomic E-state index is -0.704. The van der Waals surface area contributed by atoms with Crippen LogP contribution >= 0.6 is 23.2 Å². The molecule has 0 radical (unpaired) electrons. The van der Waals surface area contributed by atoms with Gasteiger partial charge in [0.25, 0.3) is 5.91 Å². The average molecular weight is 411 g/mol. The van der Waals surface area contributed by atoms with E-state index in [4.69, 9.17) is 37.4 Å². The first-order valence-electron chi connectivity index (χ1n) is 7.60. The number of aromatic nitrogens is 1.